The lowest BCUT2D eigenvalue weighted by Gasteiger charge is -2.38. The van der Waals surface area contributed by atoms with E-state index in [0.29, 0.717) is 5.56 Å². The summed E-state index contributed by atoms with van der Waals surface area (Å²) in [4.78, 5) is 41.3. The molecule has 1 saturated carbocycles. The Morgan fingerprint density at radius 3 is 2.11 bits per heavy atom. The minimum atomic E-state index is -1.25. The summed E-state index contributed by atoms with van der Waals surface area (Å²) in [5, 5.41) is 15.6. The number of aryl methyl sites for hydroxylation is 2. The van der Waals surface area contributed by atoms with E-state index in [1.165, 1.54) is 4.90 Å². The fourth-order valence-electron chi connectivity index (χ4n) is 4.63. The molecule has 8 heteroatoms. The van der Waals surface area contributed by atoms with Crippen LogP contribution in [-0.2, 0) is 14.3 Å². The molecule has 0 bridgehead atoms. The summed E-state index contributed by atoms with van der Waals surface area (Å²) in [7, 11) is 0. The molecule has 8 nitrogen and oxygen atoms in total. The van der Waals surface area contributed by atoms with Crippen molar-refractivity contribution in [1.29, 1.82) is 0 Å². The van der Waals surface area contributed by atoms with Gasteiger partial charge in [0.25, 0.3) is 0 Å². The van der Waals surface area contributed by atoms with Crippen LogP contribution in [0.2, 0.25) is 0 Å². The number of ether oxygens (including phenoxy) is 1. The van der Waals surface area contributed by atoms with E-state index in [1.807, 2.05) is 45.9 Å². The molecule has 1 fully saturated rings. The Kier molecular flexibility index (Phi) is 10.1. The lowest BCUT2D eigenvalue weighted by Crippen LogP contribution is -2.56. The first kappa shape index (κ1) is 28.6. The Hall–Kier alpha value is -2.61. The van der Waals surface area contributed by atoms with E-state index in [0.717, 1.165) is 43.2 Å². The molecule has 0 spiro atoms. The molecular weight excluding hydrogens is 446 g/mol. The van der Waals surface area contributed by atoms with Gasteiger partial charge >= 0.3 is 6.09 Å². The Labute approximate surface area is 209 Å². The minimum Gasteiger partial charge on any atom is -0.444 e. The summed E-state index contributed by atoms with van der Waals surface area (Å²) in [6, 6.07) is 3.39. The Morgan fingerprint density at radius 2 is 1.63 bits per heavy atom. The number of nitrogens with zero attached hydrogens (tertiary/aromatic N) is 1. The van der Waals surface area contributed by atoms with Crippen LogP contribution in [0.3, 0.4) is 0 Å². The highest BCUT2D eigenvalue weighted by Gasteiger charge is 2.38. The van der Waals surface area contributed by atoms with Crippen LogP contribution in [0, 0.1) is 13.8 Å². The van der Waals surface area contributed by atoms with Gasteiger partial charge < -0.3 is 25.4 Å². The molecule has 2 rings (SSSR count). The van der Waals surface area contributed by atoms with Crippen molar-refractivity contribution in [1.82, 2.24) is 15.5 Å². The average Bonchev–Trinajstić information content (AvgIpc) is 2.73. The van der Waals surface area contributed by atoms with E-state index in [-0.39, 0.29) is 18.0 Å². The summed E-state index contributed by atoms with van der Waals surface area (Å²) >= 11 is 0. The van der Waals surface area contributed by atoms with Crippen LogP contribution in [0.4, 0.5) is 4.79 Å². The lowest BCUT2D eigenvalue weighted by molar-refractivity contribution is -0.145. The molecule has 1 aliphatic carbocycles. The van der Waals surface area contributed by atoms with Crippen molar-refractivity contribution >= 4 is 17.9 Å². The minimum absolute atomic E-state index is 0.0716. The molecule has 0 aromatic heterocycles. The highest BCUT2D eigenvalue weighted by Crippen LogP contribution is 2.28. The summed E-state index contributed by atoms with van der Waals surface area (Å²) in [6.45, 7) is 12.1. The van der Waals surface area contributed by atoms with E-state index in [1.54, 1.807) is 20.8 Å². The van der Waals surface area contributed by atoms with Crippen LogP contribution >= 0.6 is 0 Å². The molecule has 0 radical (unpaired) electrons. The van der Waals surface area contributed by atoms with Crippen molar-refractivity contribution in [2.45, 2.75) is 110 Å². The first-order valence-corrected chi connectivity index (χ1v) is 12.6. The van der Waals surface area contributed by atoms with Crippen LogP contribution < -0.4 is 10.6 Å². The van der Waals surface area contributed by atoms with E-state index < -0.39 is 36.3 Å². The van der Waals surface area contributed by atoms with Crippen molar-refractivity contribution in [2.24, 2.45) is 0 Å². The smallest absolute Gasteiger partial charge is 0.408 e. The first-order valence-electron chi connectivity index (χ1n) is 12.6. The second-order valence-corrected chi connectivity index (χ2v) is 10.9. The maximum Gasteiger partial charge on any atom is 0.408 e. The van der Waals surface area contributed by atoms with Gasteiger partial charge in [0.15, 0.2) is 0 Å². The fourth-order valence-corrected chi connectivity index (χ4v) is 4.63. The number of aliphatic hydroxyl groups excluding tert-OH is 1. The third-order valence-corrected chi connectivity index (χ3v) is 6.02. The van der Waals surface area contributed by atoms with Crippen LogP contribution in [-0.4, -0.2) is 58.2 Å². The number of amides is 3. The van der Waals surface area contributed by atoms with Gasteiger partial charge in [0, 0.05) is 12.1 Å². The number of hydrogen-bond acceptors (Lipinski definition) is 5. The number of aliphatic hydroxyl groups is 1. The van der Waals surface area contributed by atoms with Crippen LogP contribution in [0.15, 0.2) is 18.2 Å². The molecule has 1 aromatic rings. The average molecular weight is 490 g/mol. The monoisotopic (exact) mass is 489 g/mol. The molecule has 3 N–H and O–H groups in total. The van der Waals surface area contributed by atoms with Crippen molar-refractivity contribution in [3.8, 4) is 0 Å². The number of rotatable bonds is 8. The SMILES string of the molecule is Cc1cc(C)cc(C(C(=O)NC2CCCCC2)N(C(=O)C(CO)NC(=O)OC(C)(C)C)C(C)C)c1. The normalized spacial score (nSPS) is 16.4. The molecule has 0 aliphatic heterocycles. The fraction of sp³-hybridized carbons (Fsp3) is 0.667. The van der Waals surface area contributed by atoms with Crippen molar-refractivity contribution in [2.75, 3.05) is 6.61 Å². The summed E-state index contributed by atoms with van der Waals surface area (Å²) in [5.74, 6) is -0.797. The summed E-state index contributed by atoms with van der Waals surface area (Å²) < 4.78 is 5.27. The maximum atomic E-state index is 13.7. The molecule has 1 aromatic carbocycles. The van der Waals surface area contributed by atoms with E-state index >= 15 is 0 Å². The van der Waals surface area contributed by atoms with E-state index in [4.69, 9.17) is 4.74 Å². The van der Waals surface area contributed by atoms with Gasteiger partial charge in [-0.15, -0.1) is 0 Å². The third-order valence-electron chi connectivity index (χ3n) is 6.02. The number of hydrogen-bond donors (Lipinski definition) is 3. The van der Waals surface area contributed by atoms with Gasteiger partial charge in [0.1, 0.15) is 17.7 Å². The predicted molar refractivity (Wildman–Crippen MR) is 136 cm³/mol. The van der Waals surface area contributed by atoms with E-state index in [9.17, 15) is 19.5 Å². The zero-order valence-electron chi connectivity index (χ0n) is 22.3. The summed E-state index contributed by atoms with van der Waals surface area (Å²) in [6.07, 6.45) is 4.33. The maximum absolute atomic E-state index is 13.7. The lowest BCUT2D eigenvalue weighted by atomic mass is 9.93. The zero-order valence-corrected chi connectivity index (χ0v) is 22.3. The second-order valence-electron chi connectivity index (χ2n) is 10.9. The molecule has 35 heavy (non-hydrogen) atoms. The number of nitrogens with one attached hydrogen (secondary N) is 2. The quantitative estimate of drug-likeness (QED) is 0.513. The highest BCUT2D eigenvalue weighted by atomic mass is 16.6. The van der Waals surface area contributed by atoms with Gasteiger partial charge in [0.05, 0.1) is 6.61 Å². The van der Waals surface area contributed by atoms with Crippen LogP contribution in [0.1, 0.15) is 89.5 Å². The molecule has 2 atom stereocenters. The molecular formula is C27H43N3O5. The molecule has 0 heterocycles. The molecule has 1 aliphatic rings. The van der Waals surface area contributed by atoms with Gasteiger partial charge in [-0.05, 0) is 66.9 Å². The number of carbonyl (C=O) groups is 3. The Morgan fingerprint density at radius 1 is 1.06 bits per heavy atom. The van der Waals surface area contributed by atoms with Gasteiger partial charge in [-0.25, -0.2) is 4.79 Å². The van der Waals surface area contributed by atoms with Gasteiger partial charge in [-0.2, -0.15) is 0 Å². The van der Waals surface area contributed by atoms with Crippen molar-refractivity contribution in [3.63, 3.8) is 0 Å². The second kappa shape index (κ2) is 12.4. The van der Waals surface area contributed by atoms with E-state index in [2.05, 4.69) is 10.6 Å². The van der Waals surface area contributed by atoms with Gasteiger partial charge in [0.2, 0.25) is 11.8 Å². The standard InChI is InChI=1S/C27H43N3O5/c1-17(2)30(25(33)22(16-31)29-26(34)35-27(5,6)7)23(20-14-18(3)13-19(4)15-20)24(32)28-21-11-9-8-10-12-21/h13-15,17,21-23,31H,8-12,16H2,1-7H3,(H,28,32)(H,29,34). The van der Waals surface area contributed by atoms with Gasteiger partial charge in [-0.3, -0.25) is 9.59 Å². The molecule has 0 saturated heterocycles. The number of carbonyl (C=O) groups excluding carboxylic acids is 3. The molecule has 196 valence electrons. The molecule has 2 unspecified atom stereocenters. The highest BCUT2D eigenvalue weighted by molar-refractivity contribution is 5.92. The van der Waals surface area contributed by atoms with Crippen molar-refractivity contribution < 1.29 is 24.2 Å². The van der Waals surface area contributed by atoms with Crippen molar-refractivity contribution in [3.05, 3.63) is 34.9 Å². The predicted octanol–water partition coefficient (Wildman–Crippen LogP) is 3.92. The topological polar surface area (TPSA) is 108 Å². The first-order chi connectivity index (χ1) is 16.3. The molecule has 3 amide bonds. The Balaban J connectivity index is 2.42. The number of alkyl carbamates (subject to hydrolysis) is 1. The third kappa shape index (κ3) is 8.53. The Bertz CT molecular complexity index is 867. The summed E-state index contributed by atoms with van der Waals surface area (Å²) in [5.41, 5.74) is 1.91. The van der Waals surface area contributed by atoms with Crippen LogP contribution in [0.5, 0.6) is 0 Å². The van der Waals surface area contributed by atoms with Crippen LogP contribution in [0.25, 0.3) is 0 Å². The zero-order chi connectivity index (χ0) is 26.3. The number of benzene rings is 1. The largest absolute Gasteiger partial charge is 0.444 e. The van der Waals surface area contributed by atoms with Gasteiger partial charge in [-0.1, -0.05) is 48.6 Å².